The molecule has 0 spiro atoms. The summed E-state index contributed by atoms with van der Waals surface area (Å²) in [7, 11) is 0. The summed E-state index contributed by atoms with van der Waals surface area (Å²) in [5.74, 6) is 0.825. The first-order valence-electron chi connectivity index (χ1n) is 26.5. The number of benzene rings is 6. The molecule has 0 amide bonds. The Morgan fingerprint density at radius 2 is 1.15 bits per heavy atom. The van der Waals surface area contributed by atoms with Crippen LogP contribution in [0.1, 0.15) is 144 Å². The van der Waals surface area contributed by atoms with E-state index in [9.17, 15) is 5.11 Å². The Morgan fingerprint density at radius 1 is 0.529 bits per heavy atom. The van der Waals surface area contributed by atoms with E-state index in [0.29, 0.717) is 33.8 Å². The smallest absolute Gasteiger partial charge is 0.149 e. The van der Waals surface area contributed by atoms with Crippen molar-refractivity contribution in [3.05, 3.63) is 167 Å². The molecule has 0 aliphatic rings. The van der Waals surface area contributed by atoms with Crippen molar-refractivity contribution >= 4 is 11.0 Å². The van der Waals surface area contributed by atoms with Gasteiger partial charge in [0.25, 0.3) is 0 Å². The average Bonchev–Trinajstić information content (AvgIpc) is 3.69. The third-order valence-corrected chi connectivity index (χ3v) is 12.9. The van der Waals surface area contributed by atoms with Gasteiger partial charge in [-0.2, -0.15) is 0 Å². The normalized spacial score (nSPS) is 14.3. The minimum absolute atomic E-state index is 0.122. The lowest BCUT2D eigenvalue weighted by atomic mass is 9.79. The molecule has 2 aromatic heterocycles. The average molecular weight is 905 g/mol. The molecule has 4 nitrogen and oxygen atoms in total. The molecule has 0 aliphatic carbocycles. The molecule has 2 heterocycles. The minimum atomic E-state index is -2.45. The van der Waals surface area contributed by atoms with Crippen LogP contribution in [0.4, 0.5) is 0 Å². The van der Waals surface area contributed by atoms with Gasteiger partial charge in [0, 0.05) is 35.3 Å². The number of phenolic OH excluding ortho intramolecular Hbond substituents is 1. The second-order valence-electron chi connectivity index (χ2n) is 23.8. The second kappa shape index (κ2) is 17.4. The van der Waals surface area contributed by atoms with Crippen molar-refractivity contribution in [1.29, 1.82) is 0 Å². The monoisotopic (exact) mass is 905 g/mol. The quantitative estimate of drug-likeness (QED) is 0.173. The topological polar surface area (TPSA) is 50.9 Å². The van der Waals surface area contributed by atoms with Crippen molar-refractivity contribution in [2.24, 2.45) is 5.41 Å². The summed E-state index contributed by atoms with van der Waals surface area (Å²) in [5, 5.41) is 12.6. The number of aromatic nitrogens is 3. The molecule has 0 aliphatic heterocycles. The van der Waals surface area contributed by atoms with Gasteiger partial charge >= 0.3 is 0 Å². The van der Waals surface area contributed by atoms with Gasteiger partial charge in [-0.15, -0.1) is 0 Å². The zero-order valence-corrected chi connectivity index (χ0v) is 43.0. The predicted octanol–water partition coefficient (Wildman–Crippen LogP) is 17.5. The van der Waals surface area contributed by atoms with Crippen LogP contribution in [-0.4, -0.2) is 19.6 Å². The van der Waals surface area contributed by atoms with E-state index in [4.69, 9.17) is 16.8 Å². The molecular weight excluding hydrogens is 827 g/mol. The Kier molecular flexibility index (Phi) is 10.7. The molecule has 4 heteroatoms. The lowest BCUT2D eigenvalue weighted by molar-refractivity contribution is 0.411. The maximum Gasteiger partial charge on any atom is 0.149 e. The highest BCUT2D eigenvalue weighted by Gasteiger charge is 2.30. The first-order valence-corrected chi connectivity index (χ1v) is 24.0. The number of hydrogen-bond donors (Lipinski definition) is 1. The van der Waals surface area contributed by atoms with E-state index in [1.807, 2.05) is 45.0 Å². The Bertz CT molecular complexity index is 3370. The van der Waals surface area contributed by atoms with E-state index < -0.39 is 18.6 Å². The van der Waals surface area contributed by atoms with Gasteiger partial charge in [-0.1, -0.05) is 189 Å². The molecule has 350 valence electrons. The molecule has 0 saturated heterocycles. The summed E-state index contributed by atoms with van der Waals surface area (Å²) in [5.41, 5.74) is 12.9. The van der Waals surface area contributed by atoms with Gasteiger partial charge < -0.3 is 5.11 Å². The van der Waals surface area contributed by atoms with E-state index in [2.05, 4.69) is 179 Å². The maximum absolute atomic E-state index is 12.6. The van der Waals surface area contributed by atoms with Gasteiger partial charge in [0.2, 0.25) is 0 Å². The van der Waals surface area contributed by atoms with Gasteiger partial charge in [0.15, 0.2) is 0 Å². The zero-order valence-electron chi connectivity index (χ0n) is 48.0. The molecule has 0 radical (unpaired) electrons. The summed E-state index contributed by atoms with van der Waals surface area (Å²) < 4.78 is 45.7. The van der Waals surface area contributed by atoms with Crippen molar-refractivity contribution in [3.8, 4) is 67.5 Å². The number of phenols is 1. The van der Waals surface area contributed by atoms with Crippen molar-refractivity contribution in [3.63, 3.8) is 0 Å². The lowest BCUT2D eigenvalue weighted by Gasteiger charge is -2.28. The molecule has 0 unspecified atom stereocenters. The van der Waals surface area contributed by atoms with Crippen LogP contribution in [0.5, 0.6) is 5.75 Å². The summed E-state index contributed by atoms with van der Waals surface area (Å²) in [6.45, 7) is 29.4. The largest absolute Gasteiger partial charge is 0.507 e. The number of para-hydroxylation sites is 1. The fourth-order valence-corrected chi connectivity index (χ4v) is 9.00. The van der Waals surface area contributed by atoms with Gasteiger partial charge in [0.1, 0.15) is 11.6 Å². The summed E-state index contributed by atoms with van der Waals surface area (Å²) in [6.07, 6.45) is -0.143. The van der Waals surface area contributed by atoms with Crippen LogP contribution in [0, 0.1) is 12.3 Å². The van der Waals surface area contributed by atoms with Gasteiger partial charge in [-0.3, -0.25) is 9.55 Å². The molecular formula is C64H73N3O. The number of pyridine rings is 1. The lowest BCUT2D eigenvalue weighted by Crippen LogP contribution is -2.17. The summed E-state index contributed by atoms with van der Waals surface area (Å²) in [6, 6.07) is 43.3. The molecule has 1 N–H and O–H groups in total. The van der Waals surface area contributed by atoms with Crippen molar-refractivity contribution in [2.75, 3.05) is 0 Å². The van der Waals surface area contributed by atoms with E-state index in [1.54, 1.807) is 12.1 Å². The van der Waals surface area contributed by atoms with E-state index in [0.717, 1.165) is 61.2 Å². The van der Waals surface area contributed by atoms with Crippen molar-refractivity contribution < 1.29 is 12.0 Å². The fourth-order valence-electron chi connectivity index (χ4n) is 9.00. The van der Waals surface area contributed by atoms with E-state index >= 15 is 0 Å². The van der Waals surface area contributed by atoms with Crippen molar-refractivity contribution in [1.82, 2.24) is 14.5 Å². The Balaban J connectivity index is 1.43. The van der Waals surface area contributed by atoms with Crippen LogP contribution in [0.25, 0.3) is 72.7 Å². The van der Waals surface area contributed by atoms with Crippen molar-refractivity contribution in [2.45, 2.75) is 139 Å². The molecule has 8 aromatic rings. The number of aryl methyl sites for hydroxylation is 1. The molecule has 0 saturated carbocycles. The first kappa shape index (κ1) is 41.9. The number of aromatic hydroxyl groups is 1. The fraction of sp³-hybridized carbons (Fsp3) is 0.344. The van der Waals surface area contributed by atoms with Crippen LogP contribution in [0.2, 0.25) is 0 Å². The van der Waals surface area contributed by atoms with Gasteiger partial charge in [-0.25, -0.2) is 4.98 Å². The summed E-state index contributed by atoms with van der Waals surface area (Å²) >= 11 is 0. The first-order chi connectivity index (χ1) is 33.7. The predicted molar refractivity (Wildman–Crippen MR) is 290 cm³/mol. The highest BCUT2D eigenvalue weighted by molar-refractivity contribution is 5.98. The molecule has 0 atom stereocenters. The molecule has 0 bridgehead atoms. The number of nitrogens with zero attached hydrogens (tertiary/aromatic N) is 3. The number of rotatable bonds is 7. The van der Waals surface area contributed by atoms with Gasteiger partial charge in [-0.05, 0) is 133 Å². The Hall–Kier alpha value is -6.26. The number of fused-ring (bicyclic) bond motifs is 1. The summed E-state index contributed by atoms with van der Waals surface area (Å²) in [4.78, 5) is 10.5. The SMILES string of the molecule is [2H]C([2H])([2H])c1cnc(-c2cc(-c3cccc4c3nc(-c3cc(C(C)(C)C)cc(C(C)(C)C)c3O)n4-c3ccc(C(C)(C)C)cc3-c3ccccc3)cc(C(C)(C)C)c2)cc1-c1ccc(C([2H])([2H])C(C)(C)C)cc1. The maximum atomic E-state index is 12.6. The number of hydrogen-bond acceptors (Lipinski definition) is 3. The zero-order chi connectivity index (χ0) is 53.6. The third kappa shape index (κ3) is 9.84. The van der Waals surface area contributed by atoms with Crippen LogP contribution < -0.4 is 0 Å². The van der Waals surface area contributed by atoms with Crippen LogP contribution in [-0.2, 0) is 28.0 Å². The Morgan fingerprint density at radius 3 is 1.76 bits per heavy atom. The highest BCUT2D eigenvalue weighted by Crippen LogP contribution is 2.46. The second-order valence-corrected chi connectivity index (χ2v) is 23.8. The Labute approximate surface area is 414 Å². The van der Waals surface area contributed by atoms with Crippen LogP contribution in [0.15, 0.2) is 134 Å². The van der Waals surface area contributed by atoms with Crippen LogP contribution >= 0.6 is 0 Å². The minimum Gasteiger partial charge on any atom is -0.507 e. The molecule has 6 aromatic carbocycles. The van der Waals surface area contributed by atoms with Crippen LogP contribution in [0.3, 0.4) is 0 Å². The standard InChI is InChI=1S/C64H73N3O/c1-40-39-65-54(37-50(40)43-27-25-41(26-28-43)38-60(2,3)4)45-31-44(32-47(33-45)62(8,9)10)49-23-20-24-56-57(49)66-59(52-35-48(63(11,12)13)36-53(58(52)68)64(14,15)16)67(56)55-30-29-46(61(5,6)7)34-51(55)42-21-18-17-19-22-42/h17-37,39,68H,38H2,1-16H3/i1D3,38D2. The highest BCUT2D eigenvalue weighted by atomic mass is 16.3. The molecule has 68 heavy (non-hydrogen) atoms. The van der Waals surface area contributed by atoms with E-state index in [1.165, 1.54) is 11.8 Å². The molecule has 0 fully saturated rings. The third-order valence-electron chi connectivity index (χ3n) is 12.9. The van der Waals surface area contributed by atoms with Gasteiger partial charge in [0.05, 0.1) is 28.0 Å². The number of imidazole rings is 1. The molecule has 8 rings (SSSR count). The van der Waals surface area contributed by atoms with E-state index in [-0.39, 0.29) is 33.0 Å².